The number of ketones is 2. The highest BCUT2D eigenvalue weighted by Gasteiger charge is 2.62. The first-order chi connectivity index (χ1) is 14.9. The zero-order chi connectivity index (χ0) is 23.6. The topological polar surface area (TPSA) is 93.1 Å². The molecule has 4 rings (SSSR count). The molecule has 1 saturated carbocycles. The summed E-state index contributed by atoms with van der Waals surface area (Å²) in [5.41, 5.74) is -0.00424. The molecule has 2 fully saturated rings. The van der Waals surface area contributed by atoms with E-state index in [1.807, 2.05) is 41.5 Å². The first-order valence-corrected chi connectivity index (χ1v) is 11.9. The van der Waals surface area contributed by atoms with Gasteiger partial charge in [-0.1, -0.05) is 27.7 Å². The lowest BCUT2D eigenvalue weighted by Gasteiger charge is -2.48. The molecular weight excluding hydrogens is 408 g/mol. The fourth-order valence-electron chi connectivity index (χ4n) is 6.03. The molecule has 0 unspecified atom stereocenters. The highest BCUT2D eigenvalue weighted by Crippen LogP contribution is 2.64. The van der Waals surface area contributed by atoms with Crippen LogP contribution in [0, 0.1) is 17.8 Å². The van der Waals surface area contributed by atoms with E-state index >= 15 is 0 Å². The summed E-state index contributed by atoms with van der Waals surface area (Å²) in [5, 5.41) is 22.5. The molecule has 2 heterocycles. The minimum atomic E-state index is -0.866. The Hall–Kier alpha value is -2.08. The van der Waals surface area contributed by atoms with Crippen LogP contribution in [0.15, 0.2) is 0 Å². The molecule has 2 aliphatic heterocycles. The van der Waals surface area contributed by atoms with Gasteiger partial charge in [0, 0.05) is 36.7 Å². The standard InChI is InChI=1S/C26H36O6/c1-13(2)10-17(27)20-22(29)19-15-8-7-9-26(16(15)12-25(5,6)32-26)31-24(19)21(23(20)30)18(28)11-14(3)4/h13-16,29-30H,7-12H2,1-6H3/t15-,16-,26-/m0/s1. The van der Waals surface area contributed by atoms with Crippen LogP contribution in [0.3, 0.4) is 0 Å². The SMILES string of the molecule is CC(C)CC(=O)c1c(O)c(C(=O)CC(C)C)c2c(c1O)[C@H]1CCC[C@]3(O2)OC(C)(C)C[C@@H]13. The van der Waals surface area contributed by atoms with Gasteiger partial charge < -0.3 is 19.7 Å². The van der Waals surface area contributed by atoms with Crippen molar-refractivity contribution in [2.75, 3.05) is 0 Å². The first-order valence-electron chi connectivity index (χ1n) is 11.9. The van der Waals surface area contributed by atoms with Gasteiger partial charge >= 0.3 is 0 Å². The number of ether oxygens (including phenoxy) is 2. The van der Waals surface area contributed by atoms with Crippen molar-refractivity contribution in [2.45, 2.75) is 97.4 Å². The van der Waals surface area contributed by atoms with Gasteiger partial charge in [0.05, 0.1) is 5.60 Å². The number of carbonyl (C=O) groups excluding carboxylic acids is 2. The van der Waals surface area contributed by atoms with Crippen molar-refractivity contribution >= 4 is 11.6 Å². The van der Waals surface area contributed by atoms with E-state index in [2.05, 4.69) is 0 Å². The van der Waals surface area contributed by atoms with Crippen molar-refractivity contribution in [1.29, 1.82) is 0 Å². The maximum atomic E-state index is 13.3. The summed E-state index contributed by atoms with van der Waals surface area (Å²) in [6.45, 7) is 11.7. The average Bonchev–Trinajstić information content (AvgIpc) is 2.90. The maximum Gasteiger partial charge on any atom is 0.214 e. The zero-order valence-corrected chi connectivity index (χ0v) is 20.1. The normalized spacial score (nSPS) is 27.8. The molecule has 1 aromatic carbocycles. The molecule has 1 aromatic rings. The van der Waals surface area contributed by atoms with Crippen LogP contribution in [-0.4, -0.2) is 33.2 Å². The van der Waals surface area contributed by atoms with Gasteiger partial charge in [-0.2, -0.15) is 0 Å². The number of benzene rings is 1. The van der Waals surface area contributed by atoms with Crippen LogP contribution < -0.4 is 4.74 Å². The third-order valence-corrected chi connectivity index (χ3v) is 7.08. The number of hydrogen-bond acceptors (Lipinski definition) is 6. The molecular formula is C26H36O6. The van der Waals surface area contributed by atoms with E-state index in [1.165, 1.54) is 0 Å². The largest absolute Gasteiger partial charge is 0.507 e. The second-order valence-electron chi connectivity index (χ2n) is 11.3. The van der Waals surface area contributed by atoms with Crippen molar-refractivity contribution < 1.29 is 29.3 Å². The number of fused-ring (bicyclic) bond motifs is 2. The third-order valence-electron chi connectivity index (χ3n) is 7.08. The molecule has 0 amide bonds. The number of phenols is 2. The molecule has 2 bridgehead atoms. The molecule has 1 saturated heterocycles. The summed E-state index contributed by atoms with van der Waals surface area (Å²) in [4.78, 5) is 26.4. The summed E-state index contributed by atoms with van der Waals surface area (Å²) >= 11 is 0. The van der Waals surface area contributed by atoms with Gasteiger partial charge in [0.2, 0.25) is 5.79 Å². The zero-order valence-electron chi connectivity index (χ0n) is 20.1. The van der Waals surface area contributed by atoms with Crippen LogP contribution in [0.5, 0.6) is 17.2 Å². The van der Waals surface area contributed by atoms with Crippen LogP contribution in [0.1, 0.15) is 112 Å². The Morgan fingerprint density at radius 2 is 1.59 bits per heavy atom. The lowest BCUT2D eigenvalue weighted by Crippen LogP contribution is -2.50. The van der Waals surface area contributed by atoms with Crippen LogP contribution in [0.2, 0.25) is 0 Å². The molecule has 0 spiro atoms. The number of aromatic hydroxyl groups is 2. The second-order valence-corrected chi connectivity index (χ2v) is 11.3. The lowest BCUT2D eigenvalue weighted by molar-refractivity contribution is -0.234. The minimum absolute atomic E-state index is 0.0234. The molecule has 6 nitrogen and oxygen atoms in total. The Kier molecular flexibility index (Phi) is 5.60. The molecule has 2 N–H and O–H groups in total. The van der Waals surface area contributed by atoms with Crippen molar-refractivity contribution in [2.24, 2.45) is 17.8 Å². The molecule has 176 valence electrons. The van der Waals surface area contributed by atoms with Gasteiger partial charge in [-0.3, -0.25) is 9.59 Å². The average molecular weight is 445 g/mol. The molecule has 6 heteroatoms. The van der Waals surface area contributed by atoms with Crippen LogP contribution in [-0.2, 0) is 4.74 Å². The number of carbonyl (C=O) groups is 2. The van der Waals surface area contributed by atoms with E-state index in [0.717, 1.165) is 19.3 Å². The molecule has 0 aromatic heterocycles. The van der Waals surface area contributed by atoms with Gasteiger partial charge in [-0.05, 0) is 44.9 Å². The van der Waals surface area contributed by atoms with E-state index in [0.29, 0.717) is 12.0 Å². The fourth-order valence-corrected chi connectivity index (χ4v) is 6.03. The predicted octanol–water partition coefficient (Wildman–Crippen LogP) is 5.73. The first kappa shape index (κ1) is 23.1. The predicted molar refractivity (Wildman–Crippen MR) is 121 cm³/mol. The Balaban J connectivity index is 1.96. The summed E-state index contributed by atoms with van der Waals surface area (Å²) in [5.74, 6) is -1.92. The summed E-state index contributed by atoms with van der Waals surface area (Å²) in [6, 6.07) is 0. The number of Topliss-reactive ketones (excluding diaryl/α,β-unsaturated/α-hetero) is 2. The Bertz CT molecular complexity index is 960. The minimum Gasteiger partial charge on any atom is -0.507 e. The Morgan fingerprint density at radius 3 is 2.19 bits per heavy atom. The second kappa shape index (κ2) is 7.75. The van der Waals surface area contributed by atoms with Crippen molar-refractivity contribution in [1.82, 2.24) is 0 Å². The maximum absolute atomic E-state index is 13.3. The van der Waals surface area contributed by atoms with E-state index < -0.39 is 17.1 Å². The third kappa shape index (κ3) is 3.60. The van der Waals surface area contributed by atoms with E-state index in [9.17, 15) is 19.8 Å². The van der Waals surface area contributed by atoms with E-state index in [-0.39, 0.29) is 70.7 Å². The summed E-state index contributed by atoms with van der Waals surface area (Å²) in [6.07, 6.45) is 3.52. The Labute approximate surface area is 190 Å². The monoisotopic (exact) mass is 444 g/mol. The van der Waals surface area contributed by atoms with Crippen molar-refractivity contribution in [3.63, 3.8) is 0 Å². The van der Waals surface area contributed by atoms with Gasteiger partial charge in [0.1, 0.15) is 28.4 Å². The van der Waals surface area contributed by atoms with Gasteiger partial charge in [0.15, 0.2) is 11.6 Å². The Morgan fingerprint density at radius 1 is 1.00 bits per heavy atom. The molecule has 1 aliphatic carbocycles. The molecule has 3 atom stereocenters. The number of rotatable bonds is 6. The van der Waals surface area contributed by atoms with E-state index in [1.54, 1.807) is 0 Å². The highest BCUT2D eigenvalue weighted by molar-refractivity contribution is 6.09. The highest BCUT2D eigenvalue weighted by atomic mass is 16.7. The quantitative estimate of drug-likeness (QED) is 0.545. The molecule has 32 heavy (non-hydrogen) atoms. The van der Waals surface area contributed by atoms with Crippen LogP contribution in [0.25, 0.3) is 0 Å². The fraction of sp³-hybridized carbons (Fsp3) is 0.692. The summed E-state index contributed by atoms with van der Waals surface area (Å²) in [7, 11) is 0. The van der Waals surface area contributed by atoms with Crippen molar-refractivity contribution in [3.05, 3.63) is 16.7 Å². The van der Waals surface area contributed by atoms with Gasteiger partial charge in [0.25, 0.3) is 0 Å². The lowest BCUT2D eigenvalue weighted by atomic mass is 9.67. The molecule has 0 radical (unpaired) electrons. The van der Waals surface area contributed by atoms with E-state index in [4.69, 9.17) is 9.47 Å². The van der Waals surface area contributed by atoms with Crippen LogP contribution >= 0.6 is 0 Å². The molecule has 3 aliphatic rings. The smallest absolute Gasteiger partial charge is 0.214 e. The number of hydrogen-bond donors (Lipinski definition) is 2. The summed E-state index contributed by atoms with van der Waals surface area (Å²) < 4.78 is 12.9. The van der Waals surface area contributed by atoms with Gasteiger partial charge in [-0.25, -0.2) is 0 Å². The van der Waals surface area contributed by atoms with Gasteiger partial charge in [-0.15, -0.1) is 0 Å². The van der Waals surface area contributed by atoms with Crippen LogP contribution in [0.4, 0.5) is 0 Å². The van der Waals surface area contributed by atoms with Crippen molar-refractivity contribution in [3.8, 4) is 17.2 Å². The number of phenolic OH excluding ortho intramolecular Hbond substituents is 2.